The number of piperidine rings is 1. The lowest BCUT2D eigenvalue weighted by Gasteiger charge is -2.40. The van der Waals surface area contributed by atoms with Gasteiger partial charge >= 0.3 is 0 Å². The summed E-state index contributed by atoms with van der Waals surface area (Å²) in [5, 5.41) is 1.27. The molecule has 0 unspecified atom stereocenters. The van der Waals surface area contributed by atoms with Gasteiger partial charge in [-0.3, -0.25) is 4.90 Å². The molecule has 0 amide bonds. The zero-order chi connectivity index (χ0) is 14.8. The second-order valence-corrected chi connectivity index (χ2v) is 7.47. The van der Waals surface area contributed by atoms with Crippen molar-refractivity contribution in [1.29, 1.82) is 0 Å². The molecule has 6 heteroatoms. The number of hydrogen-bond acceptors (Lipinski definition) is 3. The first kappa shape index (κ1) is 16.4. The third-order valence-electron chi connectivity index (χ3n) is 3.93. The minimum atomic E-state index is -0.0377. The lowest BCUT2D eigenvalue weighted by Crippen LogP contribution is -2.48. The molecule has 110 valence electrons. The fourth-order valence-corrected chi connectivity index (χ4v) is 4.16. The van der Waals surface area contributed by atoms with Gasteiger partial charge in [-0.1, -0.05) is 47.6 Å². The van der Waals surface area contributed by atoms with Crippen molar-refractivity contribution in [2.45, 2.75) is 24.1 Å². The van der Waals surface area contributed by atoms with Crippen LogP contribution in [0.5, 0.6) is 0 Å². The van der Waals surface area contributed by atoms with Gasteiger partial charge in [0.15, 0.2) is 0 Å². The van der Waals surface area contributed by atoms with Crippen LogP contribution in [-0.4, -0.2) is 34.0 Å². The van der Waals surface area contributed by atoms with E-state index in [1.807, 2.05) is 18.2 Å². The maximum absolute atomic E-state index is 6.24. The third-order valence-corrected chi connectivity index (χ3v) is 6.72. The third kappa shape index (κ3) is 3.42. The molecule has 20 heavy (non-hydrogen) atoms. The van der Waals surface area contributed by atoms with Crippen LogP contribution in [0.1, 0.15) is 18.4 Å². The molecule has 0 bridgehead atoms. The van der Waals surface area contributed by atoms with Gasteiger partial charge in [0.05, 0.1) is 19.8 Å². The van der Waals surface area contributed by atoms with E-state index in [0.717, 1.165) is 38.0 Å². The van der Waals surface area contributed by atoms with Gasteiger partial charge in [-0.25, -0.2) is 0 Å². The number of thioether (sulfide) groups is 1. The zero-order valence-corrected chi connectivity index (χ0v) is 14.5. The highest BCUT2D eigenvalue weighted by molar-refractivity contribution is 8.02. The lowest BCUT2D eigenvalue weighted by atomic mass is 9.95. The van der Waals surface area contributed by atoms with Crippen molar-refractivity contribution in [3.05, 3.63) is 33.8 Å². The predicted octanol–water partition coefficient (Wildman–Crippen LogP) is 3.98. The Kier molecular flexibility index (Phi) is 5.60. The number of thiocarbonyl (C=S) groups is 1. The first-order valence-corrected chi connectivity index (χ1v) is 8.88. The van der Waals surface area contributed by atoms with Crippen LogP contribution < -0.4 is 5.73 Å². The molecular weight excluding hydrogens is 331 g/mol. The Labute approximate surface area is 140 Å². The molecule has 1 aliphatic heterocycles. The highest BCUT2D eigenvalue weighted by Gasteiger charge is 2.36. The molecule has 1 heterocycles. The highest BCUT2D eigenvalue weighted by atomic mass is 35.5. The van der Waals surface area contributed by atoms with Gasteiger partial charge < -0.3 is 5.73 Å². The summed E-state index contributed by atoms with van der Waals surface area (Å²) in [6.07, 6.45) is 4.06. The number of rotatable bonds is 4. The monoisotopic (exact) mass is 348 g/mol. The van der Waals surface area contributed by atoms with Crippen molar-refractivity contribution < 1.29 is 0 Å². The number of likely N-dealkylation sites (tertiary alicyclic amines) is 1. The Balaban J connectivity index is 2.01. The smallest absolute Gasteiger partial charge is 0.0891 e. The summed E-state index contributed by atoms with van der Waals surface area (Å²) in [6, 6.07) is 5.78. The van der Waals surface area contributed by atoms with E-state index in [1.165, 1.54) is 0 Å². The molecule has 2 rings (SSSR count). The summed E-state index contributed by atoms with van der Waals surface area (Å²) >= 11 is 19.3. The molecule has 0 aromatic heterocycles. The van der Waals surface area contributed by atoms with E-state index in [1.54, 1.807) is 11.8 Å². The molecular formula is C14H18Cl2N2S2. The van der Waals surface area contributed by atoms with E-state index in [0.29, 0.717) is 15.0 Å². The molecule has 1 aliphatic rings. The normalized spacial score (nSPS) is 18.9. The molecule has 2 nitrogen and oxygen atoms in total. The van der Waals surface area contributed by atoms with Crippen LogP contribution in [0.2, 0.25) is 10.0 Å². The average molecular weight is 349 g/mol. The standard InChI is InChI=1S/C14H18Cl2N2S2/c1-20-14(13(17)19)5-7-18(8-6-14)9-10-3-2-4-11(15)12(10)16/h2-4H,5-9H2,1H3,(H2,17,19). The molecule has 1 fully saturated rings. The Hall–Kier alpha value is -0.000000000000000111. The Morgan fingerprint density at radius 1 is 1.40 bits per heavy atom. The Morgan fingerprint density at radius 3 is 2.60 bits per heavy atom. The van der Waals surface area contributed by atoms with E-state index in [9.17, 15) is 0 Å². The van der Waals surface area contributed by atoms with Gasteiger partial charge in [-0.2, -0.15) is 11.8 Å². The van der Waals surface area contributed by atoms with E-state index >= 15 is 0 Å². The van der Waals surface area contributed by atoms with Gasteiger partial charge in [0, 0.05) is 19.6 Å². The van der Waals surface area contributed by atoms with Crippen LogP contribution in [0.4, 0.5) is 0 Å². The maximum Gasteiger partial charge on any atom is 0.0891 e. The lowest BCUT2D eigenvalue weighted by molar-refractivity contribution is 0.212. The molecule has 1 saturated heterocycles. The first-order valence-electron chi connectivity index (χ1n) is 6.49. The van der Waals surface area contributed by atoms with Crippen molar-refractivity contribution in [1.82, 2.24) is 4.90 Å². The molecule has 2 N–H and O–H groups in total. The summed E-state index contributed by atoms with van der Waals surface area (Å²) in [7, 11) is 0. The number of halogens is 2. The van der Waals surface area contributed by atoms with E-state index in [2.05, 4.69) is 11.2 Å². The summed E-state index contributed by atoms with van der Waals surface area (Å²) in [5.74, 6) is 0. The van der Waals surface area contributed by atoms with Crippen molar-refractivity contribution in [2.24, 2.45) is 5.73 Å². The van der Waals surface area contributed by atoms with Crippen LogP contribution in [-0.2, 0) is 6.54 Å². The number of nitrogens with zero attached hydrogens (tertiary/aromatic N) is 1. The van der Waals surface area contributed by atoms with Crippen LogP contribution in [0.3, 0.4) is 0 Å². The molecule has 0 radical (unpaired) electrons. The molecule has 0 spiro atoms. The topological polar surface area (TPSA) is 29.3 Å². The molecule has 1 aromatic rings. The minimum absolute atomic E-state index is 0.0377. The van der Waals surface area contributed by atoms with Crippen molar-refractivity contribution >= 4 is 52.2 Å². The van der Waals surface area contributed by atoms with Crippen molar-refractivity contribution in [3.8, 4) is 0 Å². The molecule has 0 aliphatic carbocycles. The van der Waals surface area contributed by atoms with Gasteiger partial charge in [0.2, 0.25) is 0 Å². The fraction of sp³-hybridized carbons (Fsp3) is 0.500. The van der Waals surface area contributed by atoms with Crippen molar-refractivity contribution in [2.75, 3.05) is 19.3 Å². The summed E-state index contributed by atoms with van der Waals surface area (Å²) in [6.45, 7) is 2.77. The largest absolute Gasteiger partial charge is 0.392 e. The number of benzene rings is 1. The maximum atomic E-state index is 6.24. The Morgan fingerprint density at radius 2 is 2.05 bits per heavy atom. The molecule has 0 saturated carbocycles. The number of hydrogen-bond donors (Lipinski definition) is 1. The SMILES string of the molecule is CSC1(C(N)=S)CCN(Cc2cccc(Cl)c2Cl)CC1. The summed E-state index contributed by atoms with van der Waals surface area (Å²) < 4.78 is -0.0377. The fourth-order valence-electron chi connectivity index (χ4n) is 2.53. The zero-order valence-electron chi connectivity index (χ0n) is 11.4. The summed E-state index contributed by atoms with van der Waals surface area (Å²) in [5.41, 5.74) is 6.98. The van der Waals surface area contributed by atoms with Gasteiger partial charge in [-0.15, -0.1) is 0 Å². The van der Waals surface area contributed by atoms with Gasteiger partial charge in [-0.05, 0) is 30.7 Å². The minimum Gasteiger partial charge on any atom is -0.392 e. The second kappa shape index (κ2) is 6.84. The van der Waals surface area contributed by atoms with Crippen LogP contribution in [0.15, 0.2) is 18.2 Å². The predicted molar refractivity (Wildman–Crippen MR) is 94.0 cm³/mol. The molecule has 1 aromatic carbocycles. The van der Waals surface area contributed by atoms with Crippen LogP contribution >= 0.6 is 47.2 Å². The van der Waals surface area contributed by atoms with Crippen LogP contribution in [0.25, 0.3) is 0 Å². The Bertz CT molecular complexity index is 500. The van der Waals surface area contributed by atoms with E-state index < -0.39 is 0 Å². The average Bonchev–Trinajstić information content (AvgIpc) is 2.44. The quantitative estimate of drug-likeness (QED) is 0.833. The highest BCUT2D eigenvalue weighted by Crippen LogP contribution is 2.36. The number of nitrogens with two attached hydrogens (primary N) is 1. The first-order chi connectivity index (χ1) is 9.48. The van der Waals surface area contributed by atoms with E-state index in [4.69, 9.17) is 41.2 Å². The van der Waals surface area contributed by atoms with Crippen LogP contribution in [0, 0.1) is 0 Å². The summed E-state index contributed by atoms with van der Waals surface area (Å²) in [4.78, 5) is 3.01. The van der Waals surface area contributed by atoms with Gasteiger partial charge in [0.1, 0.15) is 0 Å². The van der Waals surface area contributed by atoms with Gasteiger partial charge in [0.25, 0.3) is 0 Å². The van der Waals surface area contributed by atoms with E-state index in [-0.39, 0.29) is 4.75 Å². The molecule has 0 atom stereocenters. The van der Waals surface area contributed by atoms with Crippen molar-refractivity contribution in [3.63, 3.8) is 0 Å². The second-order valence-electron chi connectivity index (χ2n) is 5.05.